The van der Waals surface area contributed by atoms with E-state index in [1.807, 2.05) is 18.5 Å². The van der Waals surface area contributed by atoms with E-state index in [0.29, 0.717) is 5.92 Å². The summed E-state index contributed by atoms with van der Waals surface area (Å²) in [5.41, 5.74) is 2.18. The van der Waals surface area contributed by atoms with Crippen molar-refractivity contribution in [3.05, 3.63) is 35.0 Å². The van der Waals surface area contributed by atoms with Crippen LogP contribution in [0.25, 0.3) is 10.7 Å². The third-order valence-electron chi connectivity index (χ3n) is 2.54. The fourth-order valence-electron chi connectivity index (χ4n) is 1.64. The summed E-state index contributed by atoms with van der Waals surface area (Å²) in [6.45, 7) is 8.42. The highest BCUT2D eigenvalue weighted by Gasteiger charge is 2.06. The highest BCUT2D eigenvalue weighted by atomic mass is 32.1. The van der Waals surface area contributed by atoms with Crippen LogP contribution in [0.1, 0.15) is 24.3 Å². The highest BCUT2D eigenvalue weighted by Crippen LogP contribution is 2.23. The number of nitrogens with one attached hydrogen (secondary N) is 1. The molecule has 0 atom stereocenters. The molecule has 2 rings (SSSR count). The van der Waals surface area contributed by atoms with Gasteiger partial charge >= 0.3 is 0 Å². The number of hydrogen-bond donors (Lipinski definition) is 1. The van der Waals surface area contributed by atoms with E-state index in [-0.39, 0.29) is 0 Å². The summed E-state index contributed by atoms with van der Waals surface area (Å²) in [6, 6.07) is 4.08. The largest absolute Gasteiger partial charge is 0.312 e. The van der Waals surface area contributed by atoms with Crippen molar-refractivity contribution < 1.29 is 0 Å². The normalized spacial score (nSPS) is 11.1. The van der Waals surface area contributed by atoms with Gasteiger partial charge in [-0.25, -0.2) is 4.98 Å². The lowest BCUT2D eigenvalue weighted by molar-refractivity contribution is 0.554. The first-order valence-electron chi connectivity index (χ1n) is 6.23. The lowest BCUT2D eigenvalue weighted by Crippen LogP contribution is -2.18. The van der Waals surface area contributed by atoms with Crippen LogP contribution >= 0.6 is 11.3 Å². The number of nitrogens with zero attached hydrogens (tertiary/aromatic N) is 2. The molecule has 3 nitrogen and oxygen atoms in total. The minimum atomic E-state index is 0.677. The molecule has 0 radical (unpaired) electrons. The van der Waals surface area contributed by atoms with Crippen molar-refractivity contribution in [2.45, 2.75) is 27.3 Å². The van der Waals surface area contributed by atoms with Crippen LogP contribution < -0.4 is 5.32 Å². The molecule has 0 unspecified atom stereocenters. The number of rotatable bonds is 5. The van der Waals surface area contributed by atoms with Gasteiger partial charge in [-0.3, -0.25) is 4.98 Å². The fraction of sp³-hybridized carbons (Fsp3) is 0.429. The molecule has 0 spiro atoms. The Hall–Kier alpha value is -1.26. The van der Waals surface area contributed by atoms with E-state index in [4.69, 9.17) is 0 Å². The van der Waals surface area contributed by atoms with Crippen LogP contribution in [0.15, 0.2) is 24.5 Å². The van der Waals surface area contributed by atoms with Gasteiger partial charge in [0.2, 0.25) is 0 Å². The third kappa shape index (κ3) is 3.62. The third-order valence-corrected chi connectivity index (χ3v) is 3.56. The Bertz CT molecular complexity index is 505. The Morgan fingerprint density at radius 1 is 1.33 bits per heavy atom. The summed E-state index contributed by atoms with van der Waals surface area (Å²) in [7, 11) is 0. The Kier molecular flexibility index (Phi) is 4.44. The van der Waals surface area contributed by atoms with E-state index >= 15 is 0 Å². The smallest absolute Gasteiger partial charge is 0.142 e. The molecule has 96 valence electrons. The predicted octanol–water partition coefficient (Wildman–Crippen LogP) is 3.26. The molecule has 18 heavy (non-hydrogen) atoms. The molecule has 0 bridgehead atoms. The van der Waals surface area contributed by atoms with Crippen molar-refractivity contribution in [2.24, 2.45) is 5.92 Å². The maximum Gasteiger partial charge on any atom is 0.142 e. The summed E-state index contributed by atoms with van der Waals surface area (Å²) in [5, 5.41) is 4.43. The van der Waals surface area contributed by atoms with Crippen LogP contribution in [0, 0.1) is 12.8 Å². The van der Waals surface area contributed by atoms with Gasteiger partial charge in [-0.2, -0.15) is 0 Å². The number of aromatic nitrogens is 2. The van der Waals surface area contributed by atoms with Crippen molar-refractivity contribution >= 4 is 11.3 Å². The number of aryl methyl sites for hydroxylation is 1. The van der Waals surface area contributed by atoms with Crippen molar-refractivity contribution in [1.82, 2.24) is 15.3 Å². The average Bonchev–Trinajstić information content (AvgIpc) is 2.77. The van der Waals surface area contributed by atoms with Gasteiger partial charge in [-0.1, -0.05) is 13.8 Å². The minimum Gasteiger partial charge on any atom is -0.312 e. The molecule has 0 saturated heterocycles. The van der Waals surface area contributed by atoms with Crippen molar-refractivity contribution in [3.63, 3.8) is 0 Å². The second-order valence-corrected chi connectivity index (χ2v) is 5.99. The molecule has 0 aromatic carbocycles. The molecule has 1 N–H and O–H groups in total. The molecule has 0 amide bonds. The summed E-state index contributed by atoms with van der Waals surface area (Å²) < 4.78 is 0. The van der Waals surface area contributed by atoms with Gasteiger partial charge in [0.25, 0.3) is 0 Å². The van der Waals surface area contributed by atoms with E-state index in [0.717, 1.165) is 23.8 Å². The fourth-order valence-corrected chi connectivity index (χ4v) is 2.49. The Labute approximate surface area is 112 Å². The van der Waals surface area contributed by atoms with E-state index in [9.17, 15) is 0 Å². The van der Waals surface area contributed by atoms with Crippen molar-refractivity contribution in [3.8, 4) is 10.7 Å². The number of pyridine rings is 1. The first kappa shape index (κ1) is 13.2. The summed E-state index contributed by atoms with van der Waals surface area (Å²) >= 11 is 1.71. The molecular formula is C14H19N3S. The molecule has 0 fully saturated rings. The van der Waals surface area contributed by atoms with Gasteiger partial charge in [0.15, 0.2) is 0 Å². The van der Waals surface area contributed by atoms with Crippen LogP contribution in [0.3, 0.4) is 0 Å². The predicted molar refractivity (Wildman–Crippen MR) is 76.6 cm³/mol. The van der Waals surface area contributed by atoms with Gasteiger partial charge < -0.3 is 5.32 Å². The van der Waals surface area contributed by atoms with Gasteiger partial charge in [0.05, 0.1) is 5.69 Å². The van der Waals surface area contributed by atoms with Crippen LogP contribution in [0.5, 0.6) is 0 Å². The van der Waals surface area contributed by atoms with Crippen LogP contribution in [-0.2, 0) is 6.54 Å². The molecular weight excluding hydrogens is 242 g/mol. The maximum atomic E-state index is 4.44. The van der Waals surface area contributed by atoms with Crippen molar-refractivity contribution in [1.29, 1.82) is 0 Å². The Morgan fingerprint density at radius 2 is 2.17 bits per heavy atom. The molecule has 2 aromatic heterocycles. The molecule has 0 aliphatic rings. The zero-order chi connectivity index (χ0) is 13.0. The first-order valence-corrected chi connectivity index (χ1v) is 7.05. The van der Waals surface area contributed by atoms with E-state index in [1.54, 1.807) is 11.3 Å². The molecule has 0 aliphatic heterocycles. The van der Waals surface area contributed by atoms with Gasteiger partial charge in [0.1, 0.15) is 5.01 Å². The monoisotopic (exact) mass is 261 g/mol. The average molecular weight is 261 g/mol. The molecule has 0 aliphatic carbocycles. The van der Waals surface area contributed by atoms with Crippen LogP contribution in [-0.4, -0.2) is 16.5 Å². The minimum absolute atomic E-state index is 0.677. The van der Waals surface area contributed by atoms with Gasteiger partial charge in [-0.15, -0.1) is 11.3 Å². The molecule has 4 heteroatoms. The maximum absolute atomic E-state index is 4.44. The lowest BCUT2D eigenvalue weighted by Gasteiger charge is -2.04. The van der Waals surface area contributed by atoms with Crippen LogP contribution in [0.2, 0.25) is 0 Å². The zero-order valence-corrected chi connectivity index (χ0v) is 11.9. The van der Waals surface area contributed by atoms with E-state index < -0.39 is 0 Å². The Balaban J connectivity index is 2.02. The quantitative estimate of drug-likeness (QED) is 0.897. The second kappa shape index (κ2) is 6.07. The zero-order valence-electron chi connectivity index (χ0n) is 11.1. The van der Waals surface area contributed by atoms with Crippen molar-refractivity contribution in [2.75, 3.05) is 6.54 Å². The standard InChI is InChI=1S/C14H19N3S/c1-10(2)7-15-8-12-9-17-14(18-12)13-6-11(3)4-5-16-13/h4-6,9-10,15H,7-8H2,1-3H3. The van der Waals surface area contributed by atoms with Crippen LogP contribution in [0.4, 0.5) is 0 Å². The molecule has 2 heterocycles. The Morgan fingerprint density at radius 3 is 2.89 bits per heavy atom. The lowest BCUT2D eigenvalue weighted by atomic mass is 10.2. The SMILES string of the molecule is Cc1ccnc(-c2ncc(CNCC(C)C)s2)c1. The topological polar surface area (TPSA) is 37.8 Å². The first-order chi connectivity index (χ1) is 8.65. The summed E-state index contributed by atoms with van der Waals surface area (Å²) in [4.78, 5) is 10.1. The van der Waals surface area contributed by atoms with Gasteiger partial charge in [-0.05, 0) is 37.1 Å². The molecule has 0 saturated carbocycles. The number of thiazole rings is 1. The highest BCUT2D eigenvalue weighted by molar-refractivity contribution is 7.14. The van der Waals surface area contributed by atoms with E-state index in [1.165, 1.54) is 10.4 Å². The van der Waals surface area contributed by atoms with Gasteiger partial charge in [0, 0.05) is 23.8 Å². The number of hydrogen-bond acceptors (Lipinski definition) is 4. The second-order valence-electron chi connectivity index (χ2n) is 4.87. The summed E-state index contributed by atoms with van der Waals surface area (Å²) in [5.74, 6) is 0.677. The molecule has 2 aromatic rings. The summed E-state index contributed by atoms with van der Waals surface area (Å²) in [6.07, 6.45) is 3.78. The van der Waals surface area contributed by atoms with E-state index in [2.05, 4.69) is 42.1 Å².